The van der Waals surface area contributed by atoms with Crippen molar-refractivity contribution in [2.75, 3.05) is 51.3 Å². The van der Waals surface area contributed by atoms with Gasteiger partial charge in [-0.2, -0.15) is 0 Å². The maximum absolute atomic E-state index is 10.2. The Morgan fingerprint density at radius 3 is 2.62 bits per heavy atom. The molecule has 1 aliphatic rings. The third kappa shape index (κ3) is 5.02. The number of carbonyl (C=O) groups is 1. The molecular formula is C18H28ClN3O2. The quantitative estimate of drug-likeness (QED) is 0.547. The van der Waals surface area contributed by atoms with E-state index in [4.69, 9.17) is 16.3 Å². The molecule has 0 saturated carbocycles. The number of benzene rings is 1. The van der Waals surface area contributed by atoms with Crippen LogP contribution in [-0.2, 0) is 11.2 Å². The molecule has 24 heavy (non-hydrogen) atoms. The molecule has 0 unspecified atom stereocenters. The third-order valence-corrected chi connectivity index (χ3v) is 4.82. The first-order valence-corrected chi connectivity index (χ1v) is 9.08. The molecule has 0 spiro atoms. The number of nitrogens with zero attached hydrogens (tertiary/aromatic N) is 2. The van der Waals surface area contributed by atoms with E-state index in [0.717, 1.165) is 76.4 Å². The number of aryl methyl sites for hydroxylation is 1. The minimum atomic E-state index is 0.692. The van der Waals surface area contributed by atoms with Crippen molar-refractivity contribution in [1.82, 2.24) is 10.2 Å². The number of amides is 1. The normalized spacial score (nSPS) is 15.4. The topological polar surface area (TPSA) is 44.8 Å². The maximum Gasteiger partial charge on any atom is 0.207 e. The summed E-state index contributed by atoms with van der Waals surface area (Å²) < 4.78 is 5.54. The second-order valence-electron chi connectivity index (χ2n) is 6.09. The predicted molar refractivity (Wildman–Crippen MR) is 99.3 cm³/mol. The number of halogens is 1. The van der Waals surface area contributed by atoms with Crippen molar-refractivity contribution >= 4 is 23.7 Å². The molecule has 1 aliphatic heterocycles. The molecule has 1 heterocycles. The summed E-state index contributed by atoms with van der Waals surface area (Å²) >= 11 is 6.38. The lowest BCUT2D eigenvalue weighted by Crippen LogP contribution is -2.46. The number of hydrogen-bond acceptors (Lipinski definition) is 4. The summed E-state index contributed by atoms with van der Waals surface area (Å²) in [6.45, 7) is 8.03. The number of hydrogen-bond donors (Lipinski definition) is 1. The molecule has 0 bridgehead atoms. The van der Waals surface area contributed by atoms with Gasteiger partial charge in [0.2, 0.25) is 6.41 Å². The molecule has 6 heteroatoms. The molecule has 5 nitrogen and oxygen atoms in total. The number of carbonyl (C=O) groups excluding carboxylic acids is 1. The van der Waals surface area contributed by atoms with E-state index in [2.05, 4.69) is 28.1 Å². The Bertz CT molecular complexity index is 531. The zero-order chi connectivity index (χ0) is 17.4. The molecule has 0 atom stereocenters. The van der Waals surface area contributed by atoms with Crippen LogP contribution >= 0.6 is 11.6 Å². The first-order valence-electron chi connectivity index (χ1n) is 8.70. The summed E-state index contributed by atoms with van der Waals surface area (Å²) in [6, 6.07) is 4.19. The van der Waals surface area contributed by atoms with E-state index in [1.807, 2.05) is 6.07 Å². The van der Waals surface area contributed by atoms with Gasteiger partial charge < -0.3 is 15.0 Å². The standard InChI is InChI=1S/C18H28ClN3O2/c1-3-15-12-16(19)18(24-2)17(13-15)22-10-8-21(9-11-22)7-5-4-6-20-14-23/h12-14H,3-11H2,1-2H3,(H,20,23). The number of unbranched alkanes of at least 4 members (excludes halogenated alkanes) is 1. The SMILES string of the molecule is CCc1cc(Cl)c(OC)c(N2CCN(CCCCNC=O)CC2)c1. The summed E-state index contributed by atoms with van der Waals surface area (Å²) in [4.78, 5) is 15.1. The van der Waals surface area contributed by atoms with Crippen LogP contribution in [0.2, 0.25) is 5.02 Å². The number of methoxy groups -OCH3 is 1. The van der Waals surface area contributed by atoms with Crippen LogP contribution in [0.3, 0.4) is 0 Å². The Hall–Kier alpha value is -1.46. The van der Waals surface area contributed by atoms with Crippen molar-refractivity contribution < 1.29 is 9.53 Å². The molecule has 0 radical (unpaired) electrons. The number of anilines is 1. The predicted octanol–water partition coefficient (Wildman–Crippen LogP) is 2.56. The lowest BCUT2D eigenvalue weighted by molar-refractivity contribution is -0.109. The van der Waals surface area contributed by atoms with Gasteiger partial charge in [-0.3, -0.25) is 9.69 Å². The molecule has 1 amide bonds. The Balaban J connectivity index is 1.90. The fraction of sp³-hybridized carbons (Fsp3) is 0.611. The molecule has 134 valence electrons. The van der Waals surface area contributed by atoms with Gasteiger partial charge in [0.05, 0.1) is 17.8 Å². The van der Waals surface area contributed by atoms with Crippen LogP contribution in [0.1, 0.15) is 25.3 Å². The third-order valence-electron chi connectivity index (χ3n) is 4.54. The van der Waals surface area contributed by atoms with E-state index in [1.54, 1.807) is 7.11 Å². The van der Waals surface area contributed by atoms with Crippen LogP contribution in [0.15, 0.2) is 12.1 Å². The van der Waals surface area contributed by atoms with Gasteiger partial charge in [0.1, 0.15) is 0 Å². The molecule has 1 saturated heterocycles. The number of rotatable bonds is 9. The van der Waals surface area contributed by atoms with Crippen molar-refractivity contribution in [1.29, 1.82) is 0 Å². The van der Waals surface area contributed by atoms with Gasteiger partial charge in [-0.1, -0.05) is 18.5 Å². The zero-order valence-corrected chi connectivity index (χ0v) is 15.4. The minimum absolute atomic E-state index is 0.692. The first kappa shape index (κ1) is 18.9. The van der Waals surface area contributed by atoms with Gasteiger partial charge >= 0.3 is 0 Å². The van der Waals surface area contributed by atoms with Crippen molar-refractivity contribution in [2.45, 2.75) is 26.2 Å². The van der Waals surface area contributed by atoms with E-state index < -0.39 is 0 Å². The number of ether oxygens (including phenoxy) is 1. The van der Waals surface area contributed by atoms with Crippen LogP contribution in [0.25, 0.3) is 0 Å². The second-order valence-corrected chi connectivity index (χ2v) is 6.50. The number of nitrogens with one attached hydrogen (secondary N) is 1. The molecular weight excluding hydrogens is 326 g/mol. The van der Waals surface area contributed by atoms with Crippen LogP contribution in [0.4, 0.5) is 5.69 Å². The molecule has 1 fully saturated rings. The summed E-state index contributed by atoms with van der Waals surface area (Å²) in [7, 11) is 1.68. The van der Waals surface area contributed by atoms with Gasteiger partial charge in [-0.15, -0.1) is 0 Å². The zero-order valence-electron chi connectivity index (χ0n) is 14.7. The van der Waals surface area contributed by atoms with E-state index in [0.29, 0.717) is 5.02 Å². The highest BCUT2D eigenvalue weighted by atomic mass is 35.5. The lowest BCUT2D eigenvalue weighted by Gasteiger charge is -2.37. The summed E-state index contributed by atoms with van der Waals surface area (Å²) in [6.07, 6.45) is 3.87. The molecule has 1 N–H and O–H groups in total. The average Bonchev–Trinajstić information content (AvgIpc) is 2.61. The van der Waals surface area contributed by atoms with Gasteiger partial charge in [0.15, 0.2) is 5.75 Å². The molecule has 2 rings (SSSR count). The molecule has 0 aromatic heterocycles. The Morgan fingerprint density at radius 2 is 2.00 bits per heavy atom. The first-order chi connectivity index (χ1) is 11.7. The highest BCUT2D eigenvalue weighted by molar-refractivity contribution is 6.32. The summed E-state index contributed by atoms with van der Waals surface area (Å²) in [5.41, 5.74) is 2.34. The van der Waals surface area contributed by atoms with E-state index in [-0.39, 0.29) is 0 Å². The van der Waals surface area contributed by atoms with Gasteiger partial charge in [0, 0.05) is 32.7 Å². The summed E-state index contributed by atoms with van der Waals surface area (Å²) in [5.74, 6) is 0.780. The molecule has 1 aromatic carbocycles. The van der Waals surface area contributed by atoms with Crippen molar-refractivity contribution in [3.8, 4) is 5.75 Å². The second kappa shape index (κ2) is 9.74. The van der Waals surface area contributed by atoms with E-state index in [9.17, 15) is 4.79 Å². The molecule has 1 aromatic rings. The van der Waals surface area contributed by atoms with Crippen LogP contribution in [0, 0.1) is 0 Å². The minimum Gasteiger partial charge on any atom is -0.493 e. The highest BCUT2D eigenvalue weighted by Crippen LogP contribution is 2.37. The van der Waals surface area contributed by atoms with Gasteiger partial charge in [0.25, 0.3) is 0 Å². The van der Waals surface area contributed by atoms with Gasteiger partial charge in [-0.25, -0.2) is 0 Å². The van der Waals surface area contributed by atoms with Crippen molar-refractivity contribution in [2.24, 2.45) is 0 Å². The Kier molecular flexibility index (Phi) is 7.66. The maximum atomic E-state index is 10.2. The monoisotopic (exact) mass is 353 g/mol. The largest absolute Gasteiger partial charge is 0.493 e. The lowest BCUT2D eigenvalue weighted by atomic mass is 10.1. The fourth-order valence-electron chi connectivity index (χ4n) is 3.11. The van der Waals surface area contributed by atoms with Gasteiger partial charge in [-0.05, 0) is 43.5 Å². The van der Waals surface area contributed by atoms with E-state index >= 15 is 0 Å². The van der Waals surface area contributed by atoms with Crippen LogP contribution < -0.4 is 15.0 Å². The Labute approximate surface area is 149 Å². The average molecular weight is 354 g/mol. The fourth-order valence-corrected chi connectivity index (χ4v) is 3.42. The van der Waals surface area contributed by atoms with Crippen LogP contribution in [0.5, 0.6) is 5.75 Å². The highest BCUT2D eigenvalue weighted by Gasteiger charge is 2.21. The Morgan fingerprint density at radius 1 is 1.25 bits per heavy atom. The smallest absolute Gasteiger partial charge is 0.207 e. The van der Waals surface area contributed by atoms with Crippen molar-refractivity contribution in [3.63, 3.8) is 0 Å². The van der Waals surface area contributed by atoms with Crippen LogP contribution in [-0.4, -0.2) is 57.7 Å². The molecule has 0 aliphatic carbocycles. The summed E-state index contributed by atoms with van der Waals surface area (Å²) in [5, 5.41) is 3.40. The number of piperazine rings is 1. The van der Waals surface area contributed by atoms with E-state index in [1.165, 1.54) is 5.56 Å². The van der Waals surface area contributed by atoms with Crippen molar-refractivity contribution in [3.05, 3.63) is 22.7 Å².